The number of halogens is 1. The van der Waals surface area contributed by atoms with Crippen LogP contribution >= 0.6 is 11.6 Å². The largest absolute Gasteiger partial charge is 0.376 e. The highest BCUT2D eigenvalue weighted by molar-refractivity contribution is 6.30. The first-order valence-electron chi connectivity index (χ1n) is 9.90. The molecule has 0 aliphatic carbocycles. The molecule has 1 aliphatic heterocycles. The molecule has 3 aromatic rings. The molecule has 9 heteroatoms. The number of hydrogen-bond acceptors (Lipinski definition) is 6. The van der Waals surface area contributed by atoms with Crippen molar-refractivity contribution in [2.24, 2.45) is 0 Å². The molecule has 1 saturated heterocycles. The second-order valence-electron chi connectivity index (χ2n) is 7.37. The topological polar surface area (TPSA) is 84.0 Å². The maximum absolute atomic E-state index is 12.9. The predicted octanol–water partition coefficient (Wildman–Crippen LogP) is 3.36. The molecule has 0 unspecified atom stereocenters. The average molecular weight is 428 g/mol. The minimum Gasteiger partial charge on any atom is -0.345 e. The van der Waals surface area contributed by atoms with Crippen molar-refractivity contribution in [2.45, 2.75) is 19.4 Å². The van der Waals surface area contributed by atoms with Gasteiger partial charge in [0, 0.05) is 30.9 Å². The SMILES string of the molecule is O=c1c([N+](=O)[O-])c(N(CCN2CCCC2)Cc2ccc(Cl)cc2)nc2ccccn12. The number of nitrogens with zero attached hydrogens (tertiary/aromatic N) is 5. The molecule has 1 aliphatic rings. The molecule has 3 heterocycles. The zero-order valence-electron chi connectivity index (χ0n) is 16.4. The van der Waals surface area contributed by atoms with Crippen LogP contribution in [-0.4, -0.2) is 45.4 Å². The van der Waals surface area contributed by atoms with Crippen LogP contribution in [0.15, 0.2) is 53.5 Å². The molecule has 0 bridgehead atoms. The summed E-state index contributed by atoms with van der Waals surface area (Å²) in [4.78, 5) is 32.8. The number of hydrogen-bond donors (Lipinski definition) is 0. The first-order valence-corrected chi connectivity index (χ1v) is 10.3. The lowest BCUT2D eigenvalue weighted by Gasteiger charge is -2.26. The fraction of sp³-hybridized carbons (Fsp3) is 0.333. The summed E-state index contributed by atoms with van der Waals surface area (Å²) < 4.78 is 1.21. The molecular weight excluding hydrogens is 406 g/mol. The summed E-state index contributed by atoms with van der Waals surface area (Å²) in [7, 11) is 0. The van der Waals surface area contributed by atoms with Gasteiger partial charge in [-0.05, 0) is 55.8 Å². The summed E-state index contributed by atoms with van der Waals surface area (Å²) >= 11 is 6.00. The van der Waals surface area contributed by atoms with Crippen LogP contribution in [0.25, 0.3) is 5.65 Å². The number of pyridine rings is 1. The van der Waals surface area contributed by atoms with Crippen molar-refractivity contribution in [3.05, 3.63) is 79.7 Å². The number of anilines is 1. The lowest BCUT2D eigenvalue weighted by molar-refractivity contribution is -0.385. The van der Waals surface area contributed by atoms with Gasteiger partial charge in [0.2, 0.25) is 5.82 Å². The van der Waals surface area contributed by atoms with E-state index in [1.54, 1.807) is 30.3 Å². The van der Waals surface area contributed by atoms with E-state index in [2.05, 4.69) is 9.88 Å². The Morgan fingerprint density at radius 1 is 1.13 bits per heavy atom. The van der Waals surface area contributed by atoms with Gasteiger partial charge in [-0.3, -0.25) is 19.3 Å². The van der Waals surface area contributed by atoms with Crippen LogP contribution < -0.4 is 10.5 Å². The molecule has 0 spiro atoms. The molecule has 4 rings (SSSR count). The van der Waals surface area contributed by atoms with E-state index < -0.39 is 16.2 Å². The highest BCUT2D eigenvalue weighted by atomic mass is 35.5. The predicted molar refractivity (Wildman–Crippen MR) is 116 cm³/mol. The van der Waals surface area contributed by atoms with Crippen molar-refractivity contribution in [1.29, 1.82) is 0 Å². The van der Waals surface area contributed by atoms with Gasteiger partial charge in [-0.25, -0.2) is 4.98 Å². The molecule has 2 aromatic heterocycles. The molecule has 0 radical (unpaired) electrons. The number of rotatable bonds is 7. The van der Waals surface area contributed by atoms with Crippen molar-refractivity contribution in [2.75, 3.05) is 31.1 Å². The Balaban J connectivity index is 1.76. The molecule has 1 aromatic carbocycles. The van der Waals surface area contributed by atoms with E-state index in [4.69, 9.17) is 11.6 Å². The van der Waals surface area contributed by atoms with E-state index in [1.165, 1.54) is 10.6 Å². The Kier molecular flexibility index (Phi) is 5.96. The zero-order valence-corrected chi connectivity index (χ0v) is 17.2. The summed E-state index contributed by atoms with van der Waals surface area (Å²) in [6.07, 6.45) is 3.81. The monoisotopic (exact) mass is 427 g/mol. The van der Waals surface area contributed by atoms with Gasteiger partial charge < -0.3 is 9.80 Å². The lowest BCUT2D eigenvalue weighted by Crippen LogP contribution is -2.35. The van der Waals surface area contributed by atoms with Crippen molar-refractivity contribution in [3.63, 3.8) is 0 Å². The molecule has 0 N–H and O–H groups in total. The smallest absolute Gasteiger partial charge is 0.345 e. The summed E-state index contributed by atoms with van der Waals surface area (Å²) in [5, 5.41) is 12.5. The first kappa shape index (κ1) is 20.3. The van der Waals surface area contributed by atoms with Crippen LogP contribution in [0.1, 0.15) is 18.4 Å². The molecule has 30 heavy (non-hydrogen) atoms. The van der Waals surface area contributed by atoms with E-state index >= 15 is 0 Å². The van der Waals surface area contributed by atoms with E-state index in [0.717, 1.165) is 38.0 Å². The second kappa shape index (κ2) is 8.81. The first-order chi connectivity index (χ1) is 14.5. The fourth-order valence-corrected chi connectivity index (χ4v) is 3.91. The molecule has 156 valence electrons. The van der Waals surface area contributed by atoms with Crippen molar-refractivity contribution in [3.8, 4) is 0 Å². The van der Waals surface area contributed by atoms with Gasteiger partial charge in [0.1, 0.15) is 5.65 Å². The van der Waals surface area contributed by atoms with Crippen LogP contribution in [0.3, 0.4) is 0 Å². The van der Waals surface area contributed by atoms with Crippen molar-refractivity contribution >= 4 is 28.8 Å². The van der Waals surface area contributed by atoms with Gasteiger partial charge in [0.05, 0.1) is 4.92 Å². The van der Waals surface area contributed by atoms with Gasteiger partial charge in [-0.15, -0.1) is 0 Å². The minimum absolute atomic E-state index is 0.102. The Morgan fingerprint density at radius 2 is 1.87 bits per heavy atom. The molecule has 0 atom stereocenters. The Morgan fingerprint density at radius 3 is 2.57 bits per heavy atom. The summed E-state index contributed by atoms with van der Waals surface area (Å²) in [6, 6.07) is 12.4. The minimum atomic E-state index is -0.678. The van der Waals surface area contributed by atoms with E-state index in [-0.39, 0.29) is 5.82 Å². The maximum atomic E-state index is 12.9. The Hall–Kier alpha value is -2.97. The van der Waals surface area contributed by atoms with Crippen LogP contribution in [0, 0.1) is 10.1 Å². The second-order valence-corrected chi connectivity index (χ2v) is 7.81. The lowest BCUT2D eigenvalue weighted by atomic mass is 10.2. The molecular formula is C21H22ClN5O3. The van der Waals surface area contributed by atoms with Gasteiger partial charge >= 0.3 is 11.2 Å². The number of likely N-dealkylation sites (tertiary alicyclic amines) is 1. The third kappa shape index (κ3) is 4.29. The highest BCUT2D eigenvalue weighted by Gasteiger charge is 2.28. The average Bonchev–Trinajstić information content (AvgIpc) is 3.26. The summed E-state index contributed by atoms with van der Waals surface area (Å²) in [5.74, 6) is 0.102. The molecule has 0 amide bonds. The molecule has 0 saturated carbocycles. The zero-order chi connectivity index (χ0) is 21.1. The Bertz CT molecular complexity index is 1110. The fourth-order valence-electron chi connectivity index (χ4n) is 3.79. The van der Waals surface area contributed by atoms with E-state index in [1.807, 2.05) is 17.0 Å². The standard InChI is InChI=1S/C21H22ClN5O3/c22-17-8-6-16(7-9-17)15-25(14-13-24-10-3-4-11-24)20-19(27(29)30)21(28)26-12-2-1-5-18(26)23-20/h1-2,5-9,12H,3-4,10-11,13-15H2. The maximum Gasteiger partial charge on any atom is 0.376 e. The highest BCUT2D eigenvalue weighted by Crippen LogP contribution is 2.25. The van der Waals surface area contributed by atoms with Crippen molar-refractivity contribution in [1.82, 2.24) is 14.3 Å². The number of aromatic nitrogens is 2. The summed E-state index contributed by atoms with van der Waals surface area (Å²) in [6.45, 7) is 3.70. The number of fused-ring (bicyclic) bond motifs is 1. The van der Waals surface area contributed by atoms with Crippen LogP contribution in [0.5, 0.6) is 0 Å². The number of benzene rings is 1. The van der Waals surface area contributed by atoms with Crippen LogP contribution in [-0.2, 0) is 6.54 Å². The molecule has 8 nitrogen and oxygen atoms in total. The van der Waals surface area contributed by atoms with E-state index in [9.17, 15) is 14.9 Å². The third-order valence-corrected chi connectivity index (χ3v) is 5.60. The molecule has 1 fully saturated rings. The number of nitro groups is 1. The summed E-state index contributed by atoms with van der Waals surface area (Å²) in [5.41, 5.74) is 0.132. The van der Waals surface area contributed by atoms with Crippen molar-refractivity contribution < 1.29 is 4.92 Å². The normalized spacial score (nSPS) is 14.3. The van der Waals surface area contributed by atoms with Gasteiger partial charge in [0.15, 0.2) is 0 Å². The quantitative estimate of drug-likeness (QED) is 0.424. The van der Waals surface area contributed by atoms with E-state index in [0.29, 0.717) is 23.8 Å². The van der Waals surface area contributed by atoms with Crippen LogP contribution in [0.4, 0.5) is 11.5 Å². The van der Waals surface area contributed by atoms with Crippen LogP contribution in [0.2, 0.25) is 5.02 Å². The van der Waals surface area contributed by atoms with Gasteiger partial charge in [-0.2, -0.15) is 0 Å². The van der Waals surface area contributed by atoms with Gasteiger partial charge in [-0.1, -0.05) is 29.8 Å². The third-order valence-electron chi connectivity index (χ3n) is 5.35. The Labute approximate surface area is 178 Å². The van der Waals surface area contributed by atoms with Gasteiger partial charge in [0.25, 0.3) is 0 Å².